The Balaban J connectivity index is 3.61. The third-order valence-electron chi connectivity index (χ3n) is 0.953. The van der Waals surface area contributed by atoms with Gasteiger partial charge < -0.3 is 9.63 Å². The van der Waals surface area contributed by atoms with E-state index in [4.69, 9.17) is 9.63 Å². The number of hydrogen-bond acceptors (Lipinski definition) is 2. The van der Waals surface area contributed by atoms with Crippen molar-refractivity contribution in [2.45, 2.75) is 6.92 Å². The van der Waals surface area contributed by atoms with Crippen molar-refractivity contribution in [3.8, 4) is 0 Å². The Morgan fingerprint density at radius 1 is 1.82 bits per heavy atom. The summed E-state index contributed by atoms with van der Waals surface area (Å²) >= 11 is 0. The molecule has 0 aromatic heterocycles. The lowest BCUT2D eigenvalue weighted by Gasteiger charge is -2.10. The summed E-state index contributed by atoms with van der Waals surface area (Å²) in [6, 6.07) is 0. The van der Waals surface area contributed by atoms with Gasteiger partial charge in [0.1, 0.15) is 6.35 Å². The molecular formula is C6H14NO3P. The Labute approximate surface area is 66.8 Å². The highest BCUT2D eigenvalue weighted by molar-refractivity contribution is 7.55. The van der Waals surface area contributed by atoms with E-state index in [2.05, 4.69) is 11.7 Å². The van der Waals surface area contributed by atoms with Gasteiger partial charge in [-0.1, -0.05) is 6.08 Å². The summed E-state index contributed by atoms with van der Waals surface area (Å²) in [5, 5.41) is 2.41. The molecule has 2 N–H and O–H groups in total. The molecule has 11 heavy (non-hydrogen) atoms. The lowest BCUT2D eigenvalue weighted by Crippen LogP contribution is -2.13. The van der Waals surface area contributed by atoms with Gasteiger partial charge in [0, 0.05) is 13.2 Å². The van der Waals surface area contributed by atoms with E-state index in [9.17, 15) is 4.57 Å². The second-order valence-corrected chi connectivity index (χ2v) is 3.95. The van der Waals surface area contributed by atoms with Crippen LogP contribution in [0.1, 0.15) is 6.92 Å². The Hall–Kier alpha value is -0.150. The fraction of sp³-hybridized carbons (Fsp3) is 0.667. The SMILES string of the molecule is C=CCNP(=O)(O)COCC. The minimum absolute atomic E-state index is 0.142. The predicted octanol–water partition coefficient (Wildman–Crippen LogP) is 0.941. The van der Waals surface area contributed by atoms with Crippen molar-refractivity contribution in [1.29, 1.82) is 0 Å². The lowest BCUT2D eigenvalue weighted by atomic mass is 10.7. The van der Waals surface area contributed by atoms with Gasteiger partial charge in [0.15, 0.2) is 0 Å². The maximum absolute atomic E-state index is 11.0. The van der Waals surface area contributed by atoms with Gasteiger partial charge in [-0.05, 0) is 6.92 Å². The second-order valence-electron chi connectivity index (χ2n) is 1.97. The molecule has 1 atom stereocenters. The van der Waals surface area contributed by atoms with E-state index in [0.29, 0.717) is 13.2 Å². The van der Waals surface area contributed by atoms with Gasteiger partial charge in [0.25, 0.3) is 7.52 Å². The van der Waals surface area contributed by atoms with Crippen LogP contribution < -0.4 is 5.09 Å². The molecule has 0 aromatic carbocycles. The van der Waals surface area contributed by atoms with Crippen LogP contribution in [0.3, 0.4) is 0 Å². The molecule has 0 saturated carbocycles. The normalized spacial score (nSPS) is 15.8. The Kier molecular flexibility index (Phi) is 5.42. The monoisotopic (exact) mass is 179 g/mol. The summed E-state index contributed by atoms with van der Waals surface area (Å²) in [5.74, 6) is 0. The van der Waals surface area contributed by atoms with Gasteiger partial charge in [-0.25, -0.2) is 5.09 Å². The first kappa shape index (κ1) is 10.8. The number of nitrogens with one attached hydrogen (secondary N) is 1. The number of rotatable bonds is 6. The fourth-order valence-corrected chi connectivity index (χ4v) is 1.40. The van der Waals surface area contributed by atoms with E-state index in [1.54, 1.807) is 6.92 Å². The first-order chi connectivity index (χ1) is 5.12. The van der Waals surface area contributed by atoms with Crippen LogP contribution in [0.4, 0.5) is 0 Å². The maximum Gasteiger partial charge on any atom is 0.292 e. The summed E-state index contributed by atoms with van der Waals surface area (Å²) in [6.45, 7) is 5.94. The van der Waals surface area contributed by atoms with Crippen molar-refractivity contribution in [3.05, 3.63) is 12.7 Å². The number of ether oxygens (including phenoxy) is 1. The van der Waals surface area contributed by atoms with Crippen molar-refractivity contribution >= 4 is 7.52 Å². The second kappa shape index (κ2) is 5.49. The molecule has 0 radical (unpaired) electrons. The van der Waals surface area contributed by atoms with E-state index < -0.39 is 7.52 Å². The topological polar surface area (TPSA) is 58.6 Å². The lowest BCUT2D eigenvalue weighted by molar-refractivity contribution is 0.182. The third kappa shape index (κ3) is 6.26. The summed E-state index contributed by atoms with van der Waals surface area (Å²) in [4.78, 5) is 9.05. The minimum atomic E-state index is -3.27. The molecule has 4 nitrogen and oxygen atoms in total. The van der Waals surface area contributed by atoms with Crippen molar-refractivity contribution in [3.63, 3.8) is 0 Å². The molecular weight excluding hydrogens is 165 g/mol. The first-order valence-corrected chi connectivity index (χ1v) is 5.22. The Morgan fingerprint density at radius 2 is 2.45 bits per heavy atom. The molecule has 0 aliphatic carbocycles. The van der Waals surface area contributed by atoms with Crippen LogP contribution in [-0.2, 0) is 9.30 Å². The molecule has 0 heterocycles. The van der Waals surface area contributed by atoms with Gasteiger partial charge in [-0.3, -0.25) is 4.57 Å². The van der Waals surface area contributed by atoms with Crippen molar-refractivity contribution < 1.29 is 14.2 Å². The van der Waals surface area contributed by atoms with Crippen molar-refractivity contribution in [1.82, 2.24) is 5.09 Å². The molecule has 66 valence electrons. The smallest absolute Gasteiger partial charge is 0.292 e. The highest BCUT2D eigenvalue weighted by Gasteiger charge is 2.15. The van der Waals surface area contributed by atoms with Gasteiger partial charge in [0.05, 0.1) is 0 Å². The molecule has 0 aliphatic heterocycles. The van der Waals surface area contributed by atoms with Gasteiger partial charge in [-0.15, -0.1) is 6.58 Å². The van der Waals surface area contributed by atoms with E-state index in [1.807, 2.05) is 0 Å². The zero-order valence-corrected chi connectivity index (χ0v) is 7.51. The molecule has 0 aromatic rings. The molecule has 1 unspecified atom stereocenters. The van der Waals surface area contributed by atoms with Crippen LogP contribution in [0.15, 0.2) is 12.7 Å². The maximum atomic E-state index is 11.0. The molecule has 0 rings (SSSR count). The standard InChI is InChI=1S/C6H14NO3P/c1-3-5-7-11(8,9)6-10-4-2/h3H,1,4-6H2,2H3,(H2,7,8,9). The highest BCUT2D eigenvalue weighted by atomic mass is 31.2. The molecule has 0 amide bonds. The van der Waals surface area contributed by atoms with E-state index in [0.717, 1.165) is 0 Å². The summed E-state index contributed by atoms with van der Waals surface area (Å²) in [7, 11) is -3.27. The minimum Gasteiger partial charge on any atom is -0.370 e. The van der Waals surface area contributed by atoms with E-state index in [-0.39, 0.29) is 6.35 Å². The molecule has 0 bridgehead atoms. The Morgan fingerprint density at radius 3 is 2.91 bits per heavy atom. The molecule has 0 fully saturated rings. The fourth-order valence-electron chi connectivity index (χ4n) is 0.468. The number of hydrogen-bond donors (Lipinski definition) is 2. The highest BCUT2D eigenvalue weighted by Crippen LogP contribution is 2.34. The molecule has 0 spiro atoms. The zero-order valence-electron chi connectivity index (χ0n) is 6.62. The largest absolute Gasteiger partial charge is 0.370 e. The average Bonchev–Trinajstić information content (AvgIpc) is 1.97. The molecule has 0 aliphatic rings. The molecule has 5 heteroatoms. The first-order valence-electron chi connectivity index (χ1n) is 3.38. The third-order valence-corrected chi connectivity index (χ3v) is 2.16. The van der Waals surface area contributed by atoms with Crippen molar-refractivity contribution in [2.24, 2.45) is 0 Å². The summed E-state index contributed by atoms with van der Waals surface area (Å²) in [6.07, 6.45) is 1.38. The van der Waals surface area contributed by atoms with Gasteiger partial charge in [0.2, 0.25) is 0 Å². The summed E-state index contributed by atoms with van der Waals surface area (Å²) in [5.41, 5.74) is 0. The van der Waals surface area contributed by atoms with Gasteiger partial charge in [-0.2, -0.15) is 0 Å². The van der Waals surface area contributed by atoms with E-state index in [1.165, 1.54) is 6.08 Å². The quantitative estimate of drug-likeness (QED) is 0.470. The van der Waals surface area contributed by atoms with Gasteiger partial charge >= 0.3 is 0 Å². The van der Waals surface area contributed by atoms with Crippen LogP contribution in [0, 0.1) is 0 Å². The zero-order chi connectivity index (χ0) is 8.74. The van der Waals surface area contributed by atoms with Crippen molar-refractivity contribution in [2.75, 3.05) is 19.5 Å². The Bertz CT molecular complexity index is 160. The van der Waals surface area contributed by atoms with Crippen LogP contribution >= 0.6 is 7.52 Å². The average molecular weight is 179 g/mol. The van der Waals surface area contributed by atoms with Crippen LogP contribution in [-0.4, -0.2) is 24.4 Å². The molecule has 0 saturated heterocycles. The van der Waals surface area contributed by atoms with Crippen LogP contribution in [0.25, 0.3) is 0 Å². The predicted molar refractivity (Wildman–Crippen MR) is 44.5 cm³/mol. The van der Waals surface area contributed by atoms with Crippen LogP contribution in [0.2, 0.25) is 0 Å². The summed E-state index contributed by atoms with van der Waals surface area (Å²) < 4.78 is 15.8. The van der Waals surface area contributed by atoms with E-state index >= 15 is 0 Å². The van der Waals surface area contributed by atoms with Crippen LogP contribution in [0.5, 0.6) is 0 Å².